The van der Waals surface area contributed by atoms with Gasteiger partial charge in [0.25, 0.3) is 5.91 Å². The summed E-state index contributed by atoms with van der Waals surface area (Å²) in [5, 5.41) is 5.18. The zero-order valence-electron chi connectivity index (χ0n) is 18.7. The Morgan fingerprint density at radius 2 is 2.00 bits per heavy atom. The average molecular weight is 470 g/mol. The number of hydrogen-bond donors (Lipinski definition) is 2. The van der Waals surface area contributed by atoms with Gasteiger partial charge < -0.3 is 24.8 Å². The highest BCUT2D eigenvalue weighted by atomic mass is 32.1. The molecule has 1 aliphatic rings. The van der Waals surface area contributed by atoms with Crippen molar-refractivity contribution in [1.29, 1.82) is 0 Å². The first-order chi connectivity index (χ1) is 15.3. The number of ketones is 2. The number of fused-ring (bicyclic) bond motifs is 1. The number of amides is 2. The number of rotatable bonds is 11. The number of nitrogens with one attached hydrogen (secondary N) is 2. The van der Waals surface area contributed by atoms with Crippen LogP contribution in [0.25, 0.3) is 0 Å². The van der Waals surface area contributed by atoms with Crippen LogP contribution in [0.15, 0.2) is 5.51 Å². The number of aryl methyl sites for hydroxylation is 1. The van der Waals surface area contributed by atoms with Crippen LogP contribution in [0.2, 0.25) is 0 Å². The maximum atomic E-state index is 13.0. The predicted octanol–water partition coefficient (Wildman–Crippen LogP) is 1.26. The zero-order chi connectivity index (χ0) is 23.5. The van der Waals surface area contributed by atoms with Crippen LogP contribution in [0.4, 0.5) is 4.79 Å². The topological polar surface area (TPSA) is 133 Å². The minimum absolute atomic E-state index is 0.0335. The zero-order valence-corrected chi connectivity index (χ0v) is 19.5. The van der Waals surface area contributed by atoms with Gasteiger partial charge in [-0.3, -0.25) is 14.4 Å². The summed E-state index contributed by atoms with van der Waals surface area (Å²) in [5.41, 5.74) is 2.53. The summed E-state index contributed by atoms with van der Waals surface area (Å²) in [4.78, 5) is 55.1. The molecule has 32 heavy (non-hydrogen) atoms. The highest BCUT2D eigenvalue weighted by molar-refractivity contribution is 7.09. The minimum Gasteiger partial charge on any atom is -0.447 e. The van der Waals surface area contributed by atoms with Crippen LogP contribution in [-0.2, 0) is 41.6 Å². The largest absolute Gasteiger partial charge is 0.447 e. The van der Waals surface area contributed by atoms with Gasteiger partial charge in [0.05, 0.1) is 43.6 Å². The van der Waals surface area contributed by atoms with Crippen molar-refractivity contribution in [3.63, 3.8) is 0 Å². The van der Waals surface area contributed by atoms with Crippen molar-refractivity contribution in [3.8, 4) is 0 Å². The molecule has 1 aliphatic heterocycles. The molecule has 10 nitrogen and oxygen atoms in total. The van der Waals surface area contributed by atoms with Crippen LogP contribution in [0, 0.1) is 11.8 Å². The number of nitrogens with zero attached hydrogens (tertiary/aromatic N) is 1. The van der Waals surface area contributed by atoms with E-state index in [-0.39, 0.29) is 37.9 Å². The molecule has 0 fully saturated rings. The third-order valence-corrected chi connectivity index (χ3v) is 5.96. The number of alkyl carbamates (subject to hydrolysis) is 1. The van der Waals surface area contributed by atoms with E-state index in [1.165, 1.54) is 11.3 Å². The van der Waals surface area contributed by atoms with Crippen molar-refractivity contribution >= 4 is 34.9 Å². The normalized spacial score (nSPS) is 17.6. The fourth-order valence-corrected chi connectivity index (χ4v) is 4.06. The van der Waals surface area contributed by atoms with E-state index in [0.29, 0.717) is 26.1 Å². The molecule has 1 aromatic heterocycles. The van der Waals surface area contributed by atoms with Crippen LogP contribution < -0.4 is 10.6 Å². The maximum absolute atomic E-state index is 13.0. The standard InChI is InChI=1S/C21H31N3O7S/c1-13(2)18(24-21(28)31-9-8-30-7-6-29-3)16(25)10-14-4-5-15-17(32-12-23-15)11-22-20(27)19(14)26/h12-14,18H,4-11H2,1-3H3,(H,22,27)(H,24,28). The van der Waals surface area contributed by atoms with E-state index in [4.69, 9.17) is 14.2 Å². The van der Waals surface area contributed by atoms with Crippen molar-refractivity contribution < 1.29 is 33.4 Å². The van der Waals surface area contributed by atoms with Crippen molar-refractivity contribution in [1.82, 2.24) is 15.6 Å². The van der Waals surface area contributed by atoms with Gasteiger partial charge in [-0.2, -0.15) is 0 Å². The number of carbonyl (C=O) groups excluding carboxylic acids is 4. The summed E-state index contributed by atoms with van der Waals surface area (Å²) in [6.45, 7) is 4.90. The van der Waals surface area contributed by atoms with Gasteiger partial charge in [-0.05, 0) is 18.8 Å². The van der Waals surface area contributed by atoms with Crippen molar-refractivity contribution in [2.75, 3.05) is 33.5 Å². The van der Waals surface area contributed by atoms with Gasteiger partial charge in [0.2, 0.25) is 5.78 Å². The summed E-state index contributed by atoms with van der Waals surface area (Å²) in [5.74, 6) is -2.64. The lowest BCUT2D eigenvalue weighted by Gasteiger charge is -2.23. The van der Waals surface area contributed by atoms with Crippen molar-refractivity contribution in [2.24, 2.45) is 11.8 Å². The lowest BCUT2D eigenvalue weighted by atomic mass is 9.87. The molecule has 0 aromatic carbocycles. The molecule has 0 radical (unpaired) electrons. The second-order valence-electron chi connectivity index (χ2n) is 7.78. The number of carbonyl (C=O) groups is 4. The van der Waals surface area contributed by atoms with E-state index in [1.54, 1.807) is 26.5 Å². The summed E-state index contributed by atoms with van der Waals surface area (Å²) in [7, 11) is 1.56. The highest BCUT2D eigenvalue weighted by Gasteiger charge is 2.33. The molecule has 0 aliphatic carbocycles. The quantitative estimate of drug-likeness (QED) is 0.366. The third kappa shape index (κ3) is 7.95. The molecule has 1 aromatic rings. The minimum atomic E-state index is -0.838. The number of thiazole rings is 1. The molecule has 2 heterocycles. The maximum Gasteiger partial charge on any atom is 0.407 e. The van der Waals surface area contributed by atoms with Crippen LogP contribution in [0.5, 0.6) is 0 Å². The second-order valence-corrected chi connectivity index (χ2v) is 8.72. The third-order valence-electron chi connectivity index (χ3n) is 5.09. The number of methoxy groups -OCH3 is 1. The first-order valence-electron chi connectivity index (χ1n) is 10.6. The molecule has 2 rings (SSSR count). The molecule has 0 saturated heterocycles. The highest BCUT2D eigenvalue weighted by Crippen LogP contribution is 2.22. The van der Waals surface area contributed by atoms with E-state index in [0.717, 1.165) is 10.6 Å². The summed E-state index contributed by atoms with van der Waals surface area (Å²) < 4.78 is 15.1. The van der Waals surface area contributed by atoms with E-state index in [1.807, 2.05) is 0 Å². The van der Waals surface area contributed by atoms with Gasteiger partial charge in [0.15, 0.2) is 5.78 Å². The van der Waals surface area contributed by atoms with Crippen LogP contribution in [0.3, 0.4) is 0 Å². The molecule has 2 atom stereocenters. The molecular formula is C21H31N3O7S. The number of hydrogen-bond acceptors (Lipinski definition) is 9. The Morgan fingerprint density at radius 1 is 1.25 bits per heavy atom. The SMILES string of the molecule is COCCOCCOC(=O)NC(C(=O)CC1CCc2ncsc2CNC(=O)C1=O)C(C)C. The molecular weight excluding hydrogens is 438 g/mol. The monoisotopic (exact) mass is 469 g/mol. The summed E-state index contributed by atoms with van der Waals surface area (Å²) in [6, 6.07) is -0.838. The molecule has 2 unspecified atom stereocenters. The summed E-state index contributed by atoms with van der Waals surface area (Å²) in [6.07, 6.45) is -0.0433. The first kappa shape index (κ1) is 25.9. The molecule has 0 spiro atoms. The first-order valence-corrected chi connectivity index (χ1v) is 11.5. The van der Waals surface area contributed by atoms with E-state index < -0.39 is 29.7 Å². The van der Waals surface area contributed by atoms with Gasteiger partial charge in [-0.1, -0.05) is 13.8 Å². The molecule has 2 N–H and O–H groups in total. The smallest absolute Gasteiger partial charge is 0.407 e. The fraction of sp³-hybridized carbons (Fsp3) is 0.667. The van der Waals surface area contributed by atoms with Crippen LogP contribution in [0.1, 0.15) is 37.3 Å². The van der Waals surface area contributed by atoms with Gasteiger partial charge in [-0.15, -0.1) is 11.3 Å². The van der Waals surface area contributed by atoms with Gasteiger partial charge in [0.1, 0.15) is 6.61 Å². The van der Waals surface area contributed by atoms with Gasteiger partial charge in [0, 0.05) is 24.3 Å². The average Bonchev–Trinajstić information content (AvgIpc) is 3.22. The number of aromatic nitrogens is 1. The fourth-order valence-electron chi connectivity index (χ4n) is 3.31. The van der Waals surface area contributed by atoms with Crippen LogP contribution >= 0.6 is 11.3 Å². The Morgan fingerprint density at radius 3 is 2.72 bits per heavy atom. The Balaban J connectivity index is 1.93. The Bertz CT molecular complexity index is 796. The lowest BCUT2D eigenvalue weighted by Crippen LogP contribution is -2.46. The van der Waals surface area contributed by atoms with Crippen molar-refractivity contribution in [2.45, 2.75) is 45.7 Å². The Hall–Kier alpha value is -2.37. The molecule has 0 saturated carbocycles. The van der Waals surface area contributed by atoms with Gasteiger partial charge >= 0.3 is 6.09 Å². The van der Waals surface area contributed by atoms with E-state index in [2.05, 4.69) is 15.6 Å². The number of ether oxygens (including phenoxy) is 3. The number of Topliss-reactive ketones (excluding diaryl/α,β-unsaturated/α-hetero) is 2. The second kappa shape index (κ2) is 13.2. The van der Waals surface area contributed by atoms with E-state index in [9.17, 15) is 19.2 Å². The van der Waals surface area contributed by atoms with Gasteiger partial charge in [-0.25, -0.2) is 9.78 Å². The molecule has 11 heteroatoms. The summed E-state index contributed by atoms with van der Waals surface area (Å²) >= 11 is 1.42. The molecule has 2 amide bonds. The Kier molecular flexibility index (Phi) is 10.7. The molecule has 178 valence electrons. The van der Waals surface area contributed by atoms with E-state index >= 15 is 0 Å². The van der Waals surface area contributed by atoms with Crippen LogP contribution in [-0.4, -0.2) is 68.1 Å². The van der Waals surface area contributed by atoms with Crippen molar-refractivity contribution in [3.05, 3.63) is 16.1 Å². The Labute approximate surface area is 191 Å². The lowest BCUT2D eigenvalue weighted by molar-refractivity contribution is -0.141. The molecule has 0 bridgehead atoms. The predicted molar refractivity (Wildman–Crippen MR) is 116 cm³/mol.